The molecule has 43 heavy (non-hydrogen) atoms. The topological polar surface area (TPSA) is 105 Å². The minimum atomic E-state index is -1.19. The number of amides is 3. The molecular weight excluding hydrogens is 553 g/mol. The van der Waals surface area contributed by atoms with E-state index in [0.717, 1.165) is 4.90 Å². The van der Waals surface area contributed by atoms with Gasteiger partial charge in [0.05, 0.1) is 31.2 Å². The van der Waals surface area contributed by atoms with Gasteiger partial charge < -0.3 is 19.7 Å². The summed E-state index contributed by atoms with van der Waals surface area (Å²) in [7, 11) is 2.96. The van der Waals surface area contributed by atoms with Gasteiger partial charge in [-0.25, -0.2) is 4.39 Å². The summed E-state index contributed by atoms with van der Waals surface area (Å²) in [5.41, 5.74) is 1.91. The average Bonchev–Trinajstić information content (AvgIpc) is 3.27. The monoisotopic (exact) mass is 581 g/mol. The van der Waals surface area contributed by atoms with Crippen LogP contribution in [0.5, 0.6) is 11.5 Å². The number of carbonyl (C=O) groups is 4. The second-order valence-corrected chi connectivity index (χ2v) is 9.75. The molecule has 1 atom stereocenters. The molecule has 0 bridgehead atoms. The van der Waals surface area contributed by atoms with Crippen molar-refractivity contribution < 1.29 is 33.0 Å². The van der Waals surface area contributed by atoms with E-state index in [1.54, 1.807) is 66.7 Å². The maximum Gasteiger partial charge on any atom is 0.299 e. The number of hydrogen-bond donors (Lipinski definition) is 1. The Morgan fingerprint density at radius 2 is 1.58 bits per heavy atom. The summed E-state index contributed by atoms with van der Waals surface area (Å²) in [4.78, 5) is 56.2. The molecule has 0 saturated heterocycles. The Morgan fingerprint density at radius 3 is 2.28 bits per heavy atom. The molecule has 0 aliphatic carbocycles. The molecule has 0 radical (unpaired) electrons. The van der Waals surface area contributed by atoms with Gasteiger partial charge in [0.1, 0.15) is 29.9 Å². The third kappa shape index (κ3) is 6.08. The minimum absolute atomic E-state index is 0.0938. The normalized spacial score (nSPS) is 12.9. The number of ketones is 1. The number of nitrogens with zero attached hydrogens (tertiary/aromatic N) is 2. The van der Waals surface area contributed by atoms with Crippen molar-refractivity contribution in [2.45, 2.75) is 12.6 Å². The van der Waals surface area contributed by atoms with Crippen LogP contribution in [0.1, 0.15) is 27.5 Å². The van der Waals surface area contributed by atoms with Gasteiger partial charge >= 0.3 is 0 Å². The zero-order valence-corrected chi connectivity index (χ0v) is 23.5. The van der Waals surface area contributed by atoms with Gasteiger partial charge in [0, 0.05) is 12.6 Å². The summed E-state index contributed by atoms with van der Waals surface area (Å²) >= 11 is 0. The molecule has 5 rings (SSSR count). The fourth-order valence-electron chi connectivity index (χ4n) is 4.95. The summed E-state index contributed by atoms with van der Waals surface area (Å²) in [6, 6.07) is 24.4. The van der Waals surface area contributed by atoms with Crippen LogP contribution < -0.4 is 19.7 Å². The average molecular weight is 582 g/mol. The number of para-hydroxylation sites is 1. The number of ether oxygens (including phenoxy) is 2. The highest BCUT2D eigenvalue weighted by atomic mass is 19.1. The Hall–Kier alpha value is -5.51. The second-order valence-electron chi connectivity index (χ2n) is 9.75. The van der Waals surface area contributed by atoms with Gasteiger partial charge in [0.25, 0.3) is 17.6 Å². The predicted molar refractivity (Wildman–Crippen MR) is 157 cm³/mol. The van der Waals surface area contributed by atoms with Crippen LogP contribution in [0.2, 0.25) is 0 Å². The first-order valence-corrected chi connectivity index (χ1v) is 13.4. The highest BCUT2D eigenvalue weighted by molar-refractivity contribution is 6.52. The standard InChI is InChI=1S/C33H28FN3O6/c1-42-24-16-17-26(28(18-24)43-2)35-32(40)30(22-8-4-3-5-9-22)37(19-21-12-14-23(34)15-13-21)29(38)20-36-27-11-7-6-10-25(27)31(39)33(36)41/h3-18,30H,19-20H2,1-2H3,(H,35,40). The van der Waals surface area contributed by atoms with E-state index in [4.69, 9.17) is 9.47 Å². The van der Waals surface area contributed by atoms with Crippen molar-refractivity contribution in [1.82, 2.24) is 4.90 Å². The Balaban J connectivity index is 1.55. The number of methoxy groups -OCH3 is 2. The van der Waals surface area contributed by atoms with E-state index in [-0.39, 0.29) is 12.1 Å². The van der Waals surface area contributed by atoms with E-state index >= 15 is 0 Å². The largest absolute Gasteiger partial charge is 0.497 e. The third-order valence-corrected chi connectivity index (χ3v) is 7.10. The van der Waals surface area contributed by atoms with E-state index in [2.05, 4.69) is 5.32 Å². The van der Waals surface area contributed by atoms with Crippen LogP contribution in [-0.2, 0) is 20.9 Å². The number of benzene rings is 4. The molecule has 0 aromatic heterocycles. The second kappa shape index (κ2) is 12.6. The van der Waals surface area contributed by atoms with Crippen molar-refractivity contribution in [2.24, 2.45) is 0 Å². The predicted octanol–water partition coefficient (Wildman–Crippen LogP) is 4.78. The molecule has 1 unspecified atom stereocenters. The van der Waals surface area contributed by atoms with Crippen LogP contribution in [0, 0.1) is 5.82 Å². The lowest BCUT2D eigenvalue weighted by Crippen LogP contribution is -2.46. The molecule has 0 fully saturated rings. The minimum Gasteiger partial charge on any atom is -0.497 e. The molecule has 1 aliphatic rings. The zero-order chi connectivity index (χ0) is 30.5. The molecule has 4 aromatic carbocycles. The first-order valence-electron chi connectivity index (χ1n) is 13.4. The lowest BCUT2D eigenvalue weighted by atomic mass is 10.0. The van der Waals surface area contributed by atoms with Crippen LogP contribution in [0.15, 0.2) is 97.1 Å². The summed E-state index contributed by atoms with van der Waals surface area (Å²) in [5.74, 6) is -2.30. The van der Waals surface area contributed by atoms with Crippen molar-refractivity contribution in [2.75, 3.05) is 31.0 Å². The third-order valence-electron chi connectivity index (χ3n) is 7.10. The number of rotatable bonds is 10. The molecule has 10 heteroatoms. The summed E-state index contributed by atoms with van der Waals surface area (Å²) in [6.07, 6.45) is 0. The zero-order valence-electron chi connectivity index (χ0n) is 23.5. The lowest BCUT2D eigenvalue weighted by Gasteiger charge is -2.33. The molecule has 1 N–H and O–H groups in total. The SMILES string of the molecule is COc1ccc(NC(=O)C(c2ccccc2)N(Cc2ccc(F)cc2)C(=O)CN2C(=O)C(=O)c3ccccc32)c(OC)c1. The van der Waals surface area contributed by atoms with Gasteiger partial charge in [-0.2, -0.15) is 0 Å². The maximum atomic E-state index is 14.1. The molecule has 218 valence electrons. The first-order chi connectivity index (χ1) is 20.8. The Kier molecular flexibility index (Phi) is 8.47. The number of anilines is 2. The van der Waals surface area contributed by atoms with Crippen LogP contribution in [0.25, 0.3) is 0 Å². The quantitative estimate of drug-likeness (QED) is 0.270. The van der Waals surface area contributed by atoms with Gasteiger partial charge in [-0.1, -0.05) is 54.6 Å². The highest BCUT2D eigenvalue weighted by Gasteiger charge is 2.39. The Bertz CT molecular complexity index is 1680. The fourth-order valence-corrected chi connectivity index (χ4v) is 4.95. The van der Waals surface area contributed by atoms with Crippen LogP contribution in [0.3, 0.4) is 0 Å². The number of carbonyl (C=O) groups excluding carboxylic acids is 4. The van der Waals surface area contributed by atoms with E-state index in [0.29, 0.717) is 34.0 Å². The lowest BCUT2D eigenvalue weighted by molar-refractivity contribution is -0.139. The highest BCUT2D eigenvalue weighted by Crippen LogP contribution is 2.33. The van der Waals surface area contributed by atoms with Gasteiger partial charge in [0.2, 0.25) is 5.91 Å². The fraction of sp³-hybridized carbons (Fsp3) is 0.152. The molecule has 3 amide bonds. The Morgan fingerprint density at radius 1 is 0.884 bits per heavy atom. The Labute approximate surface area is 247 Å². The number of Topliss-reactive ketones (excluding diaryl/α,β-unsaturated/α-hetero) is 1. The van der Waals surface area contributed by atoms with Crippen molar-refractivity contribution in [3.63, 3.8) is 0 Å². The molecule has 4 aromatic rings. The smallest absolute Gasteiger partial charge is 0.299 e. The van der Waals surface area contributed by atoms with Crippen molar-refractivity contribution in [1.29, 1.82) is 0 Å². The van der Waals surface area contributed by atoms with Crippen LogP contribution in [-0.4, -0.2) is 49.2 Å². The molecule has 9 nitrogen and oxygen atoms in total. The molecule has 0 spiro atoms. The summed E-state index contributed by atoms with van der Waals surface area (Å²) < 4.78 is 24.5. The molecule has 1 heterocycles. The van der Waals surface area contributed by atoms with Gasteiger partial charge in [-0.3, -0.25) is 24.1 Å². The molecule has 0 saturated carbocycles. The summed E-state index contributed by atoms with van der Waals surface area (Å²) in [5, 5.41) is 2.86. The number of halogens is 1. The van der Waals surface area contributed by atoms with E-state index < -0.39 is 41.9 Å². The van der Waals surface area contributed by atoms with Gasteiger partial charge in [-0.05, 0) is 47.5 Å². The van der Waals surface area contributed by atoms with Crippen LogP contribution in [0.4, 0.5) is 15.8 Å². The van der Waals surface area contributed by atoms with E-state index in [1.807, 2.05) is 0 Å². The number of fused-ring (bicyclic) bond motifs is 1. The van der Waals surface area contributed by atoms with Gasteiger partial charge in [-0.15, -0.1) is 0 Å². The molecular formula is C33H28FN3O6. The van der Waals surface area contributed by atoms with Crippen LogP contribution >= 0.6 is 0 Å². The summed E-state index contributed by atoms with van der Waals surface area (Å²) in [6.45, 7) is -0.589. The van der Waals surface area contributed by atoms with Gasteiger partial charge in [0.15, 0.2) is 0 Å². The number of nitrogens with one attached hydrogen (secondary N) is 1. The van der Waals surface area contributed by atoms with E-state index in [1.165, 1.54) is 49.5 Å². The van der Waals surface area contributed by atoms with Crippen molar-refractivity contribution >= 4 is 34.9 Å². The van der Waals surface area contributed by atoms with E-state index in [9.17, 15) is 23.6 Å². The van der Waals surface area contributed by atoms with Crippen molar-refractivity contribution in [3.05, 3.63) is 120 Å². The number of hydrogen-bond acceptors (Lipinski definition) is 6. The maximum absolute atomic E-state index is 14.1. The molecule has 1 aliphatic heterocycles. The first kappa shape index (κ1) is 29.0. The van der Waals surface area contributed by atoms with Crippen molar-refractivity contribution in [3.8, 4) is 11.5 Å².